The highest BCUT2D eigenvalue weighted by Crippen LogP contribution is 2.08. The van der Waals surface area contributed by atoms with Crippen molar-refractivity contribution in [2.24, 2.45) is 5.92 Å². The smallest absolute Gasteiger partial charge is 0.407 e. The number of aliphatic hydroxyl groups is 1. The van der Waals surface area contributed by atoms with E-state index in [-0.39, 0.29) is 12.5 Å². The van der Waals surface area contributed by atoms with Gasteiger partial charge in [-0.15, -0.1) is 0 Å². The minimum Gasteiger partial charge on any atom is -0.444 e. The van der Waals surface area contributed by atoms with E-state index in [1.807, 2.05) is 13.8 Å². The maximum Gasteiger partial charge on any atom is 0.407 e. The number of amides is 1. The van der Waals surface area contributed by atoms with Gasteiger partial charge < -0.3 is 15.2 Å². The van der Waals surface area contributed by atoms with Gasteiger partial charge in [0.15, 0.2) is 0 Å². The van der Waals surface area contributed by atoms with Crippen molar-refractivity contribution in [3.8, 4) is 0 Å². The molecule has 4 nitrogen and oxygen atoms in total. The lowest BCUT2D eigenvalue weighted by atomic mass is 10.0. The molecule has 2 unspecified atom stereocenters. The molecule has 0 saturated carbocycles. The summed E-state index contributed by atoms with van der Waals surface area (Å²) < 4.78 is 5.04. The number of alkyl carbamates (subject to hydrolysis) is 1. The Morgan fingerprint density at radius 3 is 2.40 bits per heavy atom. The zero-order chi connectivity index (χ0) is 12.1. The zero-order valence-corrected chi connectivity index (χ0v) is 10.3. The monoisotopic (exact) mass is 217 g/mol. The Labute approximate surface area is 92.0 Å². The number of ether oxygens (including phenoxy) is 1. The van der Waals surface area contributed by atoms with Gasteiger partial charge in [0.05, 0.1) is 6.10 Å². The highest BCUT2D eigenvalue weighted by Gasteiger charge is 2.18. The van der Waals surface area contributed by atoms with Crippen LogP contribution in [0.4, 0.5) is 4.79 Å². The van der Waals surface area contributed by atoms with Gasteiger partial charge in [-0.25, -0.2) is 4.79 Å². The molecule has 0 aliphatic carbocycles. The molecule has 0 aromatic rings. The molecule has 2 atom stereocenters. The van der Waals surface area contributed by atoms with Crippen LogP contribution in [0.3, 0.4) is 0 Å². The fourth-order valence-electron chi connectivity index (χ4n) is 0.975. The Balaban J connectivity index is 3.81. The van der Waals surface area contributed by atoms with Gasteiger partial charge in [-0.1, -0.05) is 20.3 Å². The standard InChI is InChI=1S/C11H23NO3/c1-6-8(2)9(13)7-12-10(14)15-11(3,4)5/h8-9,13H,6-7H2,1-5H3,(H,12,14). The largest absolute Gasteiger partial charge is 0.444 e. The molecule has 0 bridgehead atoms. The van der Waals surface area contributed by atoms with Crippen LogP contribution < -0.4 is 5.32 Å². The predicted molar refractivity (Wildman–Crippen MR) is 59.7 cm³/mol. The second-order valence-corrected chi connectivity index (χ2v) is 4.84. The molecule has 0 saturated heterocycles. The number of hydrogen-bond donors (Lipinski definition) is 2. The first-order chi connectivity index (χ1) is 6.76. The van der Waals surface area contributed by atoms with Crippen molar-refractivity contribution in [3.05, 3.63) is 0 Å². The molecule has 1 amide bonds. The van der Waals surface area contributed by atoms with Gasteiger partial charge in [0, 0.05) is 6.54 Å². The topological polar surface area (TPSA) is 58.6 Å². The van der Waals surface area contributed by atoms with Crippen LogP contribution in [0.5, 0.6) is 0 Å². The van der Waals surface area contributed by atoms with Gasteiger partial charge in [0.2, 0.25) is 0 Å². The molecule has 2 N–H and O–H groups in total. The lowest BCUT2D eigenvalue weighted by Gasteiger charge is -2.22. The zero-order valence-electron chi connectivity index (χ0n) is 10.3. The Hall–Kier alpha value is -0.770. The second kappa shape index (κ2) is 5.95. The Kier molecular flexibility index (Phi) is 5.65. The van der Waals surface area contributed by atoms with E-state index < -0.39 is 17.8 Å². The summed E-state index contributed by atoms with van der Waals surface area (Å²) in [7, 11) is 0. The molecular formula is C11H23NO3. The van der Waals surface area contributed by atoms with Gasteiger partial charge in [-0.3, -0.25) is 0 Å². The lowest BCUT2D eigenvalue weighted by Crippen LogP contribution is -2.38. The van der Waals surface area contributed by atoms with Crippen LogP contribution in [-0.4, -0.2) is 29.4 Å². The number of rotatable bonds is 4. The third-order valence-corrected chi connectivity index (χ3v) is 2.16. The van der Waals surface area contributed by atoms with E-state index in [4.69, 9.17) is 4.74 Å². The van der Waals surface area contributed by atoms with E-state index in [1.54, 1.807) is 20.8 Å². The van der Waals surface area contributed by atoms with Gasteiger partial charge in [0.25, 0.3) is 0 Å². The van der Waals surface area contributed by atoms with Gasteiger partial charge in [-0.2, -0.15) is 0 Å². The van der Waals surface area contributed by atoms with Crippen LogP contribution in [-0.2, 0) is 4.74 Å². The van der Waals surface area contributed by atoms with Crippen molar-refractivity contribution in [2.75, 3.05) is 6.54 Å². The Bertz CT molecular complexity index is 198. The average Bonchev–Trinajstić information content (AvgIpc) is 2.10. The molecule has 4 heteroatoms. The molecule has 0 aromatic carbocycles. The lowest BCUT2D eigenvalue weighted by molar-refractivity contribution is 0.0459. The normalized spacial score (nSPS) is 15.6. The molecule has 0 rings (SSSR count). The molecular weight excluding hydrogens is 194 g/mol. The van der Waals surface area contributed by atoms with Crippen molar-refractivity contribution in [3.63, 3.8) is 0 Å². The second-order valence-electron chi connectivity index (χ2n) is 4.84. The SMILES string of the molecule is CCC(C)C(O)CNC(=O)OC(C)(C)C. The van der Waals surface area contributed by atoms with Crippen LogP contribution in [0.2, 0.25) is 0 Å². The van der Waals surface area contributed by atoms with E-state index in [1.165, 1.54) is 0 Å². The third kappa shape index (κ3) is 7.19. The first-order valence-corrected chi connectivity index (χ1v) is 5.41. The summed E-state index contributed by atoms with van der Waals surface area (Å²) in [6.45, 7) is 9.60. The Morgan fingerprint density at radius 1 is 1.47 bits per heavy atom. The molecule has 90 valence electrons. The minimum atomic E-state index is -0.512. The highest BCUT2D eigenvalue weighted by molar-refractivity contribution is 5.67. The maximum atomic E-state index is 11.2. The van der Waals surface area contributed by atoms with Crippen molar-refractivity contribution in [1.29, 1.82) is 0 Å². The maximum absolute atomic E-state index is 11.2. The van der Waals surface area contributed by atoms with E-state index >= 15 is 0 Å². The highest BCUT2D eigenvalue weighted by atomic mass is 16.6. The Morgan fingerprint density at radius 2 is 2.00 bits per heavy atom. The number of aliphatic hydroxyl groups excluding tert-OH is 1. The van der Waals surface area contributed by atoms with E-state index in [0.29, 0.717) is 0 Å². The summed E-state index contributed by atoms with van der Waals surface area (Å²) in [5.41, 5.74) is -0.495. The van der Waals surface area contributed by atoms with Crippen LogP contribution in [0.1, 0.15) is 41.0 Å². The predicted octanol–water partition coefficient (Wildman–Crippen LogP) is 1.92. The molecule has 0 aromatic heterocycles. The van der Waals surface area contributed by atoms with Gasteiger partial charge >= 0.3 is 6.09 Å². The molecule has 0 aliphatic rings. The molecule has 0 spiro atoms. The number of carbonyl (C=O) groups is 1. The number of hydrogen-bond acceptors (Lipinski definition) is 3. The van der Waals surface area contributed by atoms with Crippen molar-refractivity contribution >= 4 is 6.09 Å². The van der Waals surface area contributed by atoms with Crippen LogP contribution in [0, 0.1) is 5.92 Å². The molecule has 0 aliphatic heterocycles. The first kappa shape index (κ1) is 14.2. The summed E-state index contributed by atoms with van der Waals surface area (Å²) >= 11 is 0. The fraction of sp³-hybridized carbons (Fsp3) is 0.909. The van der Waals surface area contributed by atoms with E-state index in [2.05, 4.69) is 5.32 Å². The van der Waals surface area contributed by atoms with Crippen LogP contribution in [0.15, 0.2) is 0 Å². The summed E-state index contributed by atoms with van der Waals surface area (Å²) in [4.78, 5) is 11.2. The summed E-state index contributed by atoms with van der Waals surface area (Å²) in [6.07, 6.45) is -0.107. The van der Waals surface area contributed by atoms with Crippen LogP contribution in [0.25, 0.3) is 0 Å². The van der Waals surface area contributed by atoms with Crippen molar-refractivity contribution in [1.82, 2.24) is 5.32 Å². The quantitative estimate of drug-likeness (QED) is 0.756. The molecule has 15 heavy (non-hydrogen) atoms. The summed E-state index contributed by atoms with van der Waals surface area (Å²) in [5, 5.41) is 12.1. The van der Waals surface area contributed by atoms with Gasteiger partial charge in [-0.05, 0) is 26.7 Å². The number of nitrogens with one attached hydrogen (secondary N) is 1. The fourth-order valence-corrected chi connectivity index (χ4v) is 0.975. The first-order valence-electron chi connectivity index (χ1n) is 5.41. The number of carbonyl (C=O) groups excluding carboxylic acids is 1. The molecule has 0 fully saturated rings. The van der Waals surface area contributed by atoms with E-state index in [9.17, 15) is 9.90 Å². The molecule has 0 radical (unpaired) electrons. The average molecular weight is 217 g/mol. The van der Waals surface area contributed by atoms with E-state index in [0.717, 1.165) is 6.42 Å². The third-order valence-electron chi connectivity index (χ3n) is 2.16. The van der Waals surface area contributed by atoms with Crippen molar-refractivity contribution in [2.45, 2.75) is 52.7 Å². The summed E-state index contributed by atoms with van der Waals surface area (Å²) in [5.74, 6) is 0.180. The van der Waals surface area contributed by atoms with Gasteiger partial charge in [0.1, 0.15) is 5.60 Å². The minimum absolute atomic E-state index is 0.180. The summed E-state index contributed by atoms with van der Waals surface area (Å²) in [6, 6.07) is 0. The molecule has 0 heterocycles. The van der Waals surface area contributed by atoms with Crippen LogP contribution >= 0.6 is 0 Å². The van der Waals surface area contributed by atoms with Crippen molar-refractivity contribution < 1.29 is 14.6 Å².